The van der Waals surface area contributed by atoms with Crippen molar-refractivity contribution < 1.29 is 18.6 Å². The molecule has 1 aliphatic heterocycles. The first-order valence-corrected chi connectivity index (χ1v) is 7.40. The van der Waals surface area contributed by atoms with Crippen molar-refractivity contribution in [2.45, 2.75) is 31.0 Å². The fourth-order valence-corrected chi connectivity index (χ4v) is 4.34. The highest BCUT2D eigenvalue weighted by Crippen LogP contribution is 2.28. The smallest absolute Gasteiger partial charge is 0.243 e. The van der Waals surface area contributed by atoms with Crippen LogP contribution in [0.15, 0.2) is 17.0 Å². The van der Waals surface area contributed by atoms with E-state index in [9.17, 15) is 18.6 Å². The van der Waals surface area contributed by atoms with Gasteiger partial charge in [-0.1, -0.05) is 0 Å². The third kappa shape index (κ3) is 2.46. The topological polar surface area (TPSA) is 104 Å². The quantitative estimate of drug-likeness (QED) is 0.642. The fourth-order valence-electron chi connectivity index (χ4n) is 2.45. The molecule has 1 saturated heterocycles. The van der Waals surface area contributed by atoms with Gasteiger partial charge in [-0.25, -0.2) is 8.42 Å². The number of hydrogen-bond acceptors (Lipinski definition) is 5. The van der Waals surface area contributed by atoms with Crippen LogP contribution in [0.25, 0.3) is 0 Å². The zero-order valence-electron chi connectivity index (χ0n) is 10.9. The second-order valence-corrected chi connectivity index (χ2v) is 6.82. The molecule has 0 aliphatic carbocycles. The molecule has 0 radical (unpaired) electrons. The number of aryl methyl sites for hydroxylation is 2. The van der Waals surface area contributed by atoms with E-state index >= 15 is 0 Å². The number of anilines is 1. The molecule has 106 valence electrons. The summed E-state index contributed by atoms with van der Waals surface area (Å²) >= 11 is 0. The van der Waals surface area contributed by atoms with Crippen LogP contribution in [0.2, 0.25) is 0 Å². The number of nitrogen functional groups attached to an aromatic ring is 1. The minimum absolute atomic E-state index is 0.0905. The zero-order valence-corrected chi connectivity index (χ0v) is 11.7. The minimum Gasteiger partial charge on any atom is -0.399 e. The van der Waals surface area contributed by atoms with Gasteiger partial charge in [0.25, 0.3) is 0 Å². The summed E-state index contributed by atoms with van der Waals surface area (Å²) in [7, 11) is -3.72. The van der Waals surface area contributed by atoms with Crippen LogP contribution in [0, 0.1) is 13.8 Å². The normalized spacial score (nSPS) is 24.8. The van der Waals surface area contributed by atoms with E-state index in [0.29, 0.717) is 16.8 Å². The molecule has 1 heterocycles. The Kier molecular flexibility index (Phi) is 3.57. The lowest BCUT2D eigenvalue weighted by Crippen LogP contribution is -2.31. The van der Waals surface area contributed by atoms with E-state index in [0.717, 1.165) is 4.31 Å². The van der Waals surface area contributed by atoms with Crippen molar-refractivity contribution in [1.82, 2.24) is 4.31 Å². The molecule has 0 amide bonds. The van der Waals surface area contributed by atoms with Crippen LogP contribution in [-0.4, -0.2) is 48.2 Å². The Morgan fingerprint density at radius 1 is 1.16 bits per heavy atom. The van der Waals surface area contributed by atoms with E-state index in [1.807, 2.05) is 0 Å². The zero-order chi connectivity index (χ0) is 14.4. The third-order valence-corrected chi connectivity index (χ3v) is 5.44. The van der Waals surface area contributed by atoms with Crippen LogP contribution >= 0.6 is 0 Å². The average Bonchev–Trinajstić information content (AvgIpc) is 2.57. The van der Waals surface area contributed by atoms with Gasteiger partial charge in [0.2, 0.25) is 10.0 Å². The third-order valence-electron chi connectivity index (χ3n) is 3.31. The van der Waals surface area contributed by atoms with Gasteiger partial charge >= 0.3 is 0 Å². The van der Waals surface area contributed by atoms with E-state index in [1.54, 1.807) is 26.0 Å². The van der Waals surface area contributed by atoms with E-state index in [4.69, 9.17) is 5.73 Å². The van der Waals surface area contributed by atoms with Gasteiger partial charge < -0.3 is 15.9 Å². The molecule has 0 saturated carbocycles. The summed E-state index contributed by atoms with van der Waals surface area (Å²) < 4.78 is 26.2. The molecule has 1 aromatic rings. The van der Waals surface area contributed by atoms with Gasteiger partial charge in [-0.2, -0.15) is 4.31 Å². The average molecular weight is 286 g/mol. The molecule has 2 rings (SSSR count). The first-order chi connectivity index (χ1) is 8.73. The molecule has 2 atom stereocenters. The summed E-state index contributed by atoms with van der Waals surface area (Å²) in [6, 6.07) is 3.20. The van der Waals surface area contributed by atoms with Crippen LogP contribution in [0.5, 0.6) is 0 Å². The van der Waals surface area contributed by atoms with E-state index < -0.39 is 22.2 Å². The van der Waals surface area contributed by atoms with E-state index in [-0.39, 0.29) is 18.0 Å². The van der Waals surface area contributed by atoms with Crippen LogP contribution in [0.1, 0.15) is 11.1 Å². The lowest BCUT2D eigenvalue weighted by Gasteiger charge is -2.19. The molecule has 1 fully saturated rings. The number of nitrogens with two attached hydrogens (primary N) is 1. The maximum absolute atomic E-state index is 12.5. The highest BCUT2D eigenvalue weighted by atomic mass is 32.2. The summed E-state index contributed by atoms with van der Waals surface area (Å²) in [4.78, 5) is 0.197. The van der Waals surface area contributed by atoms with Crippen molar-refractivity contribution in [3.63, 3.8) is 0 Å². The number of benzene rings is 1. The molecule has 19 heavy (non-hydrogen) atoms. The minimum atomic E-state index is -3.72. The van der Waals surface area contributed by atoms with Crippen molar-refractivity contribution in [2.24, 2.45) is 0 Å². The SMILES string of the molecule is Cc1cc(N)cc(C)c1S(=O)(=O)N1C[C@@H](O)[C@@H](O)C1. The van der Waals surface area contributed by atoms with Crippen LogP contribution in [0.4, 0.5) is 5.69 Å². The molecule has 0 bridgehead atoms. The van der Waals surface area contributed by atoms with E-state index in [1.165, 1.54) is 0 Å². The van der Waals surface area contributed by atoms with Gasteiger partial charge in [0.15, 0.2) is 0 Å². The number of sulfonamides is 1. The number of rotatable bonds is 2. The summed E-state index contributed by atoms with van der Waals surface area (Å²) in [6.45, 7) is 3.18. The standard InChI is InChI=1S/C12H18N2O4S/c1-7-3-9(13)4-8(2)12(7)19(17,18)14-5-10(15)11(16)6-14/h3-4,10-11,15-16H,5-6,13H2,1-2H3/t10-,11+. The molecule has 7 heteroatoms. The Morgan fingerprint density at radius 2 is 1.58 bits per heavy atom. The molecule has 4 N–H and O–H groups in total. The van der Waals surface area contributed by atoms with Crippen LogP contribution < -0.4 is 5.73 Å². The van der Waals surface area contributed by atoms with Crippen molar-refractivity contribution >= 4 is 15.7 Å². The second kappa shape index (κ2) is 4.75. The molecule has 0 unspecified atom stereocenters. The highest BCUT2D eigenvalue weighted by Gasteiger charge is 2.38. The Bertz CT molecular complexity index is 567. The molecule has 1 aliphatic rings. The maximum atomic E-state index is 12.5. The lowest BCUT2D eigenvalue weighted by molar-refractivity contribution is 0.0572. The highest BCUT2D eigenvalue weighted by molar-refractivity contribution is 7.89. The number of aliphatic hydroxyl groups is 2. The predicted molar refractivity (Wildman–Crippen MR) is 71.1 cm³/mol. The summed E-state index contributed by atoms with van der Waals surface area (Å²) in [5.74, 6) is 0. The van der Waals surface area contributed by atoms with Crippen LogP contribution in [-0.2, 0) is 10.0 Å². The molecule has 1 aromatic carbocycles. The maximum Gasteiger partial charge on any atom is 0.243 e. The number of β-amino-alcohol motifs (C(OH)–C–C–N with tert-alkyl or cyclic N) is 2. The largest absolute Gasteiger partial charge is 0.399 e. The van der Waals surface area contributed by atoms with Crippen molar-refractivity contribution in [2.75, 3.05) is 18.8 Å². The number of hydrogen-bond donors (Lipinski definition) is 3. The van der Waals surface area contributed by atoms with Crippen molar-refractivity contribution in [3.8, 4) is 0 Å². The first kappa shape index (κ1) is 14.3. The van der Waals surface area contributed by atoms with Gasteiger partial charge in [0.1, 0.15) is 0 Å². The van der Waals surface area contributed by atoms with Crippen LogP contribution in [0.3, 0.4) is 0 Å². The summed E-state index contributed by atoms with van der Waals surface area (Å²) in [5, 5.41) is 19.0. The Morgan fingerprint density at radius 3 is 2.00 bits per heavy atom. The predicted octanol–water partition coefficient (Wildman–Crippen LogP) is -0.388. The first-order valence-electron chi connectivity index (χ1n) is 5.96. The second-order valence-electron chi connectivity index (χ2n) is 4.94. The Labute approximate surface area is 112 Å². The number of nitrogens with zero attached hydrogens (tertiary/aromatic N) is 1. The molecular formula is C12H18N2O4S. The fraction of sp³-hybridized carbons (Fsp3) is 0.500. The summed E-state index contributed by atoms with van der Waals surface area (Å²) in [6.07, 6.45) is -2.08. The van der Waals surface area contributed by atoms with Crippen molar-refractivity contribution in [1.29, 1.82) is 0 Å². The van der Waals surface area contributed by atoms with Gasteiger partial charge in [-0.05, 0) is 37.1 Å². The van der Waals surface area contributed by atoms with Gasteiger partial charge in [0, 0.05) is 18.8 Å². The van der Waals surface area contributed by atoms with Gasteiger partial charge in [-0.15, -0.1) is 0 Å². The van der Waals surface area contributed by atoms with Gasteiger partial charge in [-0.3, -0.25) is 0 Å². The molecule has 0 spiro atoms. The Balaban J connectivity index is 2.47. The number of aliphatic hydroxyl groups excluding tert-OH is 2. The molecule has 0 aromatic heterocycles. The Hall–Kier alpha value is -1.15. The molecule has 6 nitrogen and oxygen atoms in total. The summed E-state index contributed by atoms with van der Waals surface area (Å²) in [5.41, 5.74) is 7.32. The lowest BCUT2D eigenvalue weighted by atomic mass is 10.1. The monoisotopic (exact) mass is 286 g/mol. The molecular weight excluding hydrogens is 268 g/mol. The van der Waals surface area contributed by atoms with Crippen molar-refractivity contribution in [3.05, 3.63) is 23.3 Å². The van der Waals surface area contributed by atoms with E-state index in [2.05, 4.69) is 0 Å². The van der Waals surface area contributed by atoms with Gasteiger partial charge in [0.05, 0.1) is 17.1 Å².